The van der Waals surface area contributed by atoms with Crippen LogP contribution in [0.25, 0.3) is 0 Å². The van der Waals surface area contributed by atoms with Gasteiger partial charge in [0.25, 0.3) is 5.91 Å². The summed E-state index contributed by atoms with van der Waals surface area (Å²) in [5, 5.41) is 9.65. The summed E-state index contributed by atoms with van der Waals surface area (Å²) in [6, 6.07) is 8.78. The zero-order valence-corrected chi connectivity index (χ0v) is 14.6. The van der Waals surface area contributed by atoms with Crippen LogP contribution in [0.4, 0.5) is 10.6 Å². The second-order valence-corrected chi connectivity index (χ2v) is 6.73. The summed E-state index contributed by atoms with van der Waals surface area (Å²) in [5.74, 6) is -0.302. The maximum absolute atomic E-state index is 13.0. The molecule has 4 rings (SSSR count). The lowest BCUT2D eigenvalue weighted by atomic mass is 9.92. The number of carbonyl (C=O) groups excluding carboxylic acids is 3. The Kier molecular flexibility index (Phi) is 3.57. The summed E-state index contributed by atoms with van der Waals surface area (Å²) in [6.45, 7) is 1.48. The number of rotatable bonds is 3. The number of hydrogen-bond donors (Lipinski definition) is 2. The third kappa shape index (κ3) is 2.37. The minimum atomic E-state index is -1.04. The molecular weight excluding hydrogens is 334 g/mol. The van der Waals surface area contributed by atoms with Crippen molar-refractivity contribution in [2.24, 2.45) is 7.05 Å². The smallest absolute Gasteiger partial charge is 0.319 e. The third-order valence-corrected chi connectivity index (χ3v) is 4.99. The van der Waals surface area contributed by atoms with E-state index >= 15 is 0 Å². The molecule has 1 aromatic heterocycles. The van der Waals surface area contributed by atoms with Crippen molar-refractivity contribution in [1.82, 2.24) is 20.0 Å². The van der Waals surface area contributed by atoms with E-state index in [1.54, 1.807) is 13.1 Å². The van der Waals surface area contributed by atoms with E-state index in [-0.39, 0.29) is 12.5 Å². The fourth-order valence-corrected chi connectivity index (χ4v) is 3.79. The summed E-state index contributed by atoms with van der Waals surface area (Å²) >= 11 is 0. The molecule has 1 spiro atoms. The van der Waals surface area contributed by atoms with Gasteiger partial charge in [-0.15, -0.1) is 0 Å². The summed E-state index contributed by atoms with van der Waals surface area (Å²) in [4.78, 5) is 38.7. The summed E-state index contributed by atoms with van der Waals surface area (Å²) in [7, 11) is 1.71. The Morgan fingerprint density at radius 3 is 2.85 bits per heavy atom. The molecule has 1 unspecified atom stereocenters. The van der Waals surface area contributed by atoms with E-state index in [2.05, 4.69) is 15.7 Å². The Hall–Kier alpha value is -3.16. The van der Waals surface area contributed by atoms with Crippen molar-refractivity contribution in [3.05, 3.63) is 47.2 Å². The van der Waals surface area contributed by atoms with Gasteiger partial charge in [0, 0.05) is 13.1 Å². The van der Waals surface area contributed by atoms with E-state index in [1.165, 1.54) is 4.68 Å². The number of carbonyl (C=O) groups is 3. The van der Waals surface area contributed by atoms with Crippen molar-refractivity contribution in [3.63, 3.8) is 0 Å². The quantitative estimate of drug-likeness (QED) is 0.807. The molecule has 2 aromatic rings. The number of fused-ring (bicyclic) bond motifs is 2. The normalized spacial score (nSPS) is 21.2. The molecule has 2 heterocycles. The van der Waals surface area contributed by atoms with E-state index in [9.17, 15) is 14.4 Å². The molecule has 8 heteroatoms. The molecule has 4 amide bonds. The summed E-state index contributed by atoms with van der Waals surface area (Å²) in [6.07, 6.45) is 1.23. The molecule has 1 saturated heterocycles. The monoisotopic (exact) mass is 353 g/mol. The van der Waals surface area contributed by atoms with Crippen LogP contribution in [0.3, 0.4) is 0 Å². The lowest BCUT2D eigenvalue weighted by Gasteiger charge is -2.22. The molecular formula is C18H19N5O3. The Morgan fingerprint density at radius 2 is 2.12 bits per heavy atom. The van der Waals surface area contributed by atoms with Crippen LogP contribution in [-0.2, 0) is 28.6 Å². The third-order valence-electron chi connectivity index (χ3n) is 4.99. The number of hydrogen-bond acceptors (Lipinski definition) is 4. The van der Waals surface area contributed by atoms with Crippen molar-refractivity contribution in [2.75, 3.05) is 11.9 Å². The molecule has 8 nitrogen and oxygen atoms in total. The van der Waals surface area contributed by atoms with E-state index in [4.69, 9.17) is 0 Å². The van der Waals surface area contributed by atoms with Crippen molar-refractivity contribution < 1.29 is 14.4 Å². The average Bonchev–Trinajstić information content (AvgIpc) is 3.20. The van der Waals surface area contributed by atoms with Gasteiger partial charge in [0.15, 0.2) is 0 Å². The van der Waals surface area contributed by atoms with Crippen LogP contribution in [0.15, 0.2) is 30.3 Å². The molecule has 1 fully saturated rings. The zero-order chi connectivity index (χ0) is 18.5. The van der Waals surface area contributed by atoms with Crippen LogP contribution in [0.2, 0.25) is 0 Å². The summed E-state index contributed by atoms with van der Waals surface area (Å²) in [5.41, 5.74) is 1.59. The van der Waals surface area contributed by atoms with Crippen LogP contribution in [0, 0.1) is 6.92 Å². The molecule has 2 N–H and O–H groups in total. The Morgan fingerprint density at radius 1 is 1.35 bits per heavy atom. The first-order valence-corrected chi connectivity index (χ1v) is 8.44. The number of imide groups is 1. The fourth-order valence-electron chi connectivity index (χ4n) is 3.79. The lowest BCUT2D eigenvalue weighted by molar-refractivity contribution is -0.134. The Bertz CT molecular complexity index is 935. The Labute approximate surface area is 150 Å². The van der Waals surface area contributed by atoms with E-state index in [1.807, 2.05) is 31.2 Å². The van der Waals surface area contributed by atoms with Crippen LogP contribution < -0.4 is 10.6 Å². The molecule has 1 aliphatic heterocycles. The highest BCUT2D eigenvalue weighted by Crippen LogP contribution is 2.41. The van der Waals surface area contributed by atoms with Gasteiger partial charge in [-0.3, -0.25) is 19.2 Å². The highest BCUT2D eigenvalue weighted by atomic mass is 16.2. The van der Waals surface area contributed by atoms with Gasteiger partial charge in [0.05, 0.1) is 5.69 Å². The number of amides is 4. The number of benzene rings is 1. The first-order chi connectivity index (χ1) is 12.4. The molecule has 1 atom stereocenters. The second kappa shape index (κ2) is 5.69. The van der Waals surface area contributed by atoms with Gasteiger partial charge < -0.3 is 10.6 Å². The van der Waals surface area contributed by atoms with Crippen LogP contribution in [0.1, 0.15) is 23.2 Å². The molecule has 134 valence electrons. The van der Waals surface area contributed by atoms with Crippen LogP contribution in [0.5, 0.6) is 0 Å². The summed E-state index contributed by atoms with van der Waals surface area (Å²) < 4.78 is 1.54. The maximum Gasteiger partial charge on any atom is 0.325 e. The number of urea groups is 1. The lowest BCUT2D eigenvalue weighted by Crippen LogP contribution is -2.43. The minimum absolute atomic E-state index is 0.335. The highest BCUT2D eigenvalue weighted by Gasteiger charge is 2.55. The van der Waals surface area contributed by atoms with E-state index in [0.29, 0.717) is 12.2 Å². The number of nitrogens with one attached hydrogen (secondary N) is 2. The van der Waals surface area contributed by atoms with Gasteiger partial charge in [-0.1, -0.05) is 24.3 Å². The number of aromatic nitrogens is 2. The van der Waals surface area contributed by atoms with Crippen molar-refractivity contribution in [3.8, 4) is 0 Å². The zero-order valence-electron chi connectivity index (χ0n) is 14.6. The maximum atomic E-state index is 13.0. The van der Waals surface area contributed by atoms with Crippen LogP contribution >= 0.6 is 0 Å². The first kappa shape index (κ1) is 16.3. The second-order valence-electron chi connectivity index (χ2n) is 6.73. The predicted octanol–water partition coefficient (Wildman–Crippen LogP) is 1.06. The predicted molar refractivity (Wildman–Crippen MR) is 93.3 cm³/mol. The van der Waals surface area contributed by atoms with Gasteiger partial charge in [0.1, 0.15) is 17.9 Å². The molecule has 0 bridgehead atoms. The molecule has 0 saturated carbocycles. The van der Waals surface area contributed by atoms with Crippen molar-refractivity contribution >= 4 is 23.7 Å². The molecule has 2 aliphatic rings. The van der Waals surface area contributed by atoms with E-state index < -0.39 is 17.5 Å². The van der Waals surface area contributed by atoms with Crippen LogP contribution in [-0.4, -0.2) is 39.1 Å². The molecule has 1 aromatic carbocycles. The SMILES string of the molecule is Cc1cc(NC(=O)CN2C(=O)NC3(CCc4ccccc43)C2=O)n(C)n1. The first-order valence-electron chi connectivity index (χ1n) is 8.44. The number of nitrogens with zero attached hydrogens (tertiary/aromatic N) is 3. The number of anilines is 1. The van der Waals surface area contributed by atoms with Gasteiger partial charge in [-0.25, -0.2) is 4.79 Å². The van der Waals surface area contributed by atoms with Gasteiger partial charge in [0.2, 0.25) is 5.91 Å². The van der Waals surface area contributed by atoms with Crippen molar-refractivity contribution in [1.29, 1.82) is 0 Å². The van der Waals surface area contributed by atoms with Gasteiger partial charge in [-0.2, -0.15) is 5.10 Å². The molecule has 1 aliphatic carbocycles. The molecule has 0 radical (unpaired) electrons. The topological polar surface area (TPSA) is 96.3 Å². The fraction of sp³-hybridized carbons (Fsp3) is 0.333. The minimum Gasteiger partial charge on any atom is -0.319 e. The van der Waals surface area contributed by atoms with E-state index in [0.717, 1.165) is 28.1 Å². The number of aryl methyl sites for hydroxylation is 3. The van der Waals surface area contributed by atoms with Gasteiger partial charge in [-0.05, 0) is 30.9 Å². The van der Waals surface area contributed by atoms with Gasteiger partial charge >= 0.3 is 6.03 Å². The largest absolute Gasteiger partial charge is 0.325 e. The highest BCUT2D eigenvalue weighted by molar-refractivity contribution is 6.10. The molecule has 26 heavy (non-hydrogen) atoms. The average molecular weight is 353 g/mol. The standard InChI is InChI=1S/C18H19N5O3/c1-11-9-14(22(2)21-11)19-15(24)10-23-16(25)18(20-17(23)26)8-7-12-5-3-4-6-13(12)18/h3-6,9H,7-8,10H2,1-2H3,(H,19,24)(H,20,26). The Balaban J connectivity index is 1.54. The van der Waals surface area contributed by atoms with Crippen molar-refractivity contribution in [2.45, 2.75) is 25.3 Å².